The van der Waals surface area contributed by atoms with Gasteiger partial charge >= 0.3 is 23.9 Å². The predicted octanol–water partition coefficient (Wildman–Crippen LogP) is 4.77. The number of amides is 1. The van der Waals surface area contributed by atoms with E-state index in [9.17, 15) is 24.3 Å². The van der Waals surface area contributed by atoms with E-state index in [0.717, 1.165) is 11.1 Å². The molecule has 1 atom stereocenters. The lowest BCUT2D eigenvalue weighted by atomic mass is 9.84. The molecule has 0 radical (unpaired) electrons. The molecule has 1 unspecified atom stereocenters. The van der Waals surface area contributed by atoms with Crippen LogP contribution in [0.15, 0.2) is 102 Å². The monoisotopic (exact) mass is 674 g/mol. The summed E-state index contributed by atoms with van der Waals surface area (Å²) in [6.07, 6.45) is 5.67. The molecule has 2 aliphatic rings. The molecule has 50 heavy (non-hydrogen) atoms. The molecule has 4 aromatic rings. The second-order valence-electron chi connectivity index (χ2n) is 11.2. The fourth-order valence-electron chi connectivity index (χ4n) is 5.39. The minimum atomic E-state index is -1.21. The molecule has 252 valence electrons. The van der Waals surface area contributed by atoms with Gasteiger partial charge in [0.2, 0.25) is 0 Å². The van der Waals surface area contributed by atoms with E-state index in [2.05, 4.69) is 15.3 Å². The summed E-state index contributed by atoms with van der Waals surface area (Å²) in [4.78, 5) is 57.3. The number of anilines is 1. The SMILES string of the molecule is CC(=O)Oc1ccc2c(c1)OC1=CC(OC(C)=O)C=CC1=C2c1cc(C(=O)NCc2ccc(COc3nccc(N)n3)cc2)ccc1C(=O)O. The first-order valence-electron chi connectivity index (χ1n) is 15.3. The zero-order chi connectivity index (χ0) is 35.4. The van der Waals surface area contributed by atoms with Gasteiger partial charge < -0.3 is 35.1 Å². The molecule has 0 saturated carbocycles. The first-order chi connectivity index (χ1) is 24.0. The van der Waals surface area contributed by atoms with Gasteiger partial charge in [-0.25, -0.2) is 9.78 Å². The topological polar surface area (TPSA) is 189 Å². The Labute approximate surface area is 285 Å². The van der Waals surface area contributed by atoms with Crippen molar-refractivity contribution >= 4 is 35.2 Å². The number of aromatic carboxylic acids is 1. The number of benzene rings is 3. The van der Waals surface area contributed by atoms with Gasteiger partial charge in [0.25, 0.3) is 5.91 Å². The van der Waals surface area contributed by atoms with Gasteiger partial charge in [0.05, 0.1) is 5.56 Å². The molecular formula is C37H30N4O9. The number of nitrogens with one attached hydrogen (secondary N) is 1. The third-order valence-corrected chi connectivity index (χ3v) is 7.59. The van der Waals surface area contributed by atoms with E-state index >= 15 is 0 Å². The minimum Gasteiger partial charge on any atom is -0.478 e. The number of carbonyl (C=O) groups excluding carboxylic acids is 3. The molecule has 0 fully saturated rings. The van der Waals surface area contributed by atoms with Gasteiger partial charge in [0.1, 0.15) is 35.8 Å². The number of nitrogen functional groups attached to an aromatic ring is 1. The van der Waals surface area contributed by atoms with E-state index in [0.29, 0.717) is 28.3 Å². The van der Waals surface area contributed by atoms with Crippen LogP contribution in [0.1, 0.15) is 56.8 Å². The molecule has 13 nitrogen and oxygen atoms in total. The largest absolute Gasteiger partial charge is 0.478 e. The standard InChI is InChI=1S/C37H30N4O9/c1-20(42)48-25-8-11-28-31(16-25)50-32-17-26(49-21(2)43)9-12-29(32)34(28)30-15-24(7-10-27(30)36(45)46)35(44)40-18-22-3-5-23(6-4-22)19-47-37-39-14-13-33(38)41-37/h3-17,25H,18-19H2,1-2H3,(H,40,44)(H,45,46)(H2,38,39,41). The fraction of sp³-hybridized carbons (Fsp3) is 0.135. The van der Waals surface area contributed by atoms with Gasteiger partial charge in [0, 0.05) is 61.0 Å². The van der Waals surface area contributed by atoms with E-state index < -0.39 is 29.9 Å². The molecule has 3 aromatic carbocycles. The number of nitrogens with two attached hydrogens (primary N) is 1. The summed E-state index contributed by atoms with van der Waals surface area (Å²) >= 11 is 0. The Bertz CT molecular complexity index is 2120. The Morgan fingerprint density at radius 1 is 0.940 bits per heavy atom. The summed E-state index contributed by atoms with van der Waals surface area (Å²) < 4.78 is 22.3. The number of aromatic nitrogens is 2. The lowest BCUT2D eigenvalue weighted by Crippen LogP contribution is -2.23. The lowest BCUT2D eigenvalue weighted by Gasteiger charge is -2.29. The number of fused-ring (bicyclic) bond motifs is 2. The summed E-state index contributed by atoms with van der Waals surface area (Å²) in [5.41, 5.74) is 9.21. The average Bonchev–Trinajstić information content (AvgIpc) is 3.08. The van der Waals surface area contributed by atoms with E-state index in [-0.39, 0.29) is 47.4 Å². The van der Waals surface area contributed by atoms with Crippen molar-refractivity contribution in [3.05, 3.63) is 136 Å². The number of allylic oxidation sites excluding steroid dienone is 1. The predicted molar refractivity (Wildman–Crippen MR) is 179 cm³/mol. The number of carbonyl (C=O) groups is 4. The number of ether oxygens (including phenoxy) is 4. The average molecular weight is 675 g/mol. The highest BCUT2D eigenvalue weighted by Crippen LogP contribution is 2.45. The fourth-order valence-corrected chi connectivity index (χ4v) is 5.39. The molecule has 1 aliphatic carbocycles. The van der Waals surface area contributed by atoms with Crippen LogP contribution in [0.25, 0.3) is 5.57 Å². The molecule has 13 heteroatoms. The highest BCUT2D eigenvalue weighted by Gasteiger charge is 2.31. The molecule has 1 aliphatic heterocycles. The van der Waals surface area contributed by atoms with E-state index in [1.165, 1.54) is 44.3 Å². The summed E-state index contributed by atoms with van der Waals surface area (Å²) in [5.74, 6) is -1.59. The number of nitrogens with zero attached hydrogens (tertiary/aromatic N) is 2. The summed E-state index contributed by atoms with van der Waals surface area (Å²) in [7, 11) is 0. The Morgan fingerprint density at radius 2 is 1.72 bits per heavy atom. The quantitative estimate of drug-likeness (QED) is 0.155. The number of rotatable bonds is 10. The molecule has 0 spiro atoms. The van der Waals surface area contributed by atoms with Crippen molar-refractivity contribution < 1.29 is 43.2 Å². The van der Waals surface area contributed by atoms with Gasteiger partial charge in [-0.1, -0.05) is 30.3 Å². The van der Waals surface area contributed by atoms with Crippen LogP contribution in [0, 0.1) is 0 Å². The van der Waals surface area contributed by atoms with Crippen molar-refractivity contribution in [3.8, 4) is 17.5 Å². The van der Waals surface area contributed by atoms with Gasteiger partial charge in [-0.15, -0.1) is 0 Å². The molecule has 0 saturated heterocycles. The summed E-state index contributed by atoms with van der Waals surface area (Å²) in [6.45, 7) is 2.97. The Kier molecular flexibility index (Phi) is 9.39. The first kappa shape index (κ1) is 33.2. The van der Waals surface area contributed by atoms with Crippen molar-refractivity contribution in [2.24, 2.45) is 0 Å². The van der Waals surface area contributed by atoms with Crippen LogP contribution >= 0.6 is 0 Å². The maximum absolute atomic E-state index is 13.4. The molecule has 4 N–H and O–H groups in total. The number of carboxylic acids is 1. The van der Waals surface area contributed by atoms with Crippen molar-refractivity contribution in [1.82, 2.24) is 15.3 Å². The Balaban J connectivity index is 1.28. The molecule has 1 amide bonds. The van der Waals surface area contributed by atoms with Crippen LogP contribution in [0.4, 0.5) is 5.82 Å². The number of esters is 2. The van der Waals surface area contributed by atoms with Crippen molar-refractivity contribution in [2.45, 2.75) is 33.1 Å². The van der Waals surface area contributed by atoms with E-state index in [1.807, 2.05) is 24.3 Å². The zero-order valence-corrected chi connectivity index (χ0v) is 26.8. The second kappa shape index (κ2) is 14.2. The van der Waals surface area contributed by atoms with Crippen LogP contribution in [-0.4, -0.2) is 45.0 Å². The Hall–Kier alpha value is -6.76. The number of hydrogen-bond donors (Lipinski definition) is 3. The maximum Gasteiger partial charge on any atom is 0.336 e. The van der Waals surface area contributed by atoms with Gasteiger partial charge in [0.15, 0.2) is 0 Å². The first-order valence-corrected chi connectivity index (χ1v) is 15.3. The summed E-state index contributed by atoms with van der Waals surface area (Å²) in [5, 5.41) is 13.1. The zero-order valence-electron chi connectivity index (χ0n) is 26.8. The highest BCUT2D eigenvalue weighted by atomic mass is 16.5. The van der Waals surface area contributed by atoms with Crippen LogP contribution in [0.5, 0.6) is 17.5 Å². The van der Waals surface area contributed by atoms with Gasteiger partial charge in [-0.3, -0.25) is 14.4 Å². The van der Waals surface area contributed by atoms with E-state index in [1.54, 1.807) is 36.4 Å². The third kappa shape index (κ3) is 7.52. The highest BCUT2D eigenvalue weighted by molar-refractivity contribution is 6.03. The minimum absolute atomic E-state index is 0.0581. The molecule has 2 heterocycles. The number of carboxylic acid groups (broad SMARTS) is 1. The summed E-state index contributed by atoms with van der Waals surface area (Å²) in [6, 6.07) is 18.2. The molecule has 6 rings (SSSR count). The molecule has 1 aromatic heterocycles. The van der Waals surface area contributed by atoms with Crippen LogP contribution < -0.4 is 25.3 Å². The van der Waals surface area contributed by atoms with Gasteiger partial charge in [-0.05, 0) is 59.2 Å². The van der Waals surface area contributed by atoms with Gasteiger partial charge in [-0.2, -0.15) is 4.98 Å². The maximum atomic E-state index is 13.4. The van der Waals surface area contributed by atoms with Crippen LogP contribution in [0.3, 0.4) is 0 Å². The Morgan fingerprint density at radius 3 is 2.44 bits per heavy atom. The second-order valence-corrected chi connectivity index (χ2v) is 11.2. The third-order valence-electron chi connectivity index (χ3n) is 7.59. The molecular weight excluding hydrogens is 644 g/mol. The van der Waals surface area contributed by atoms with Crippen molar-refractivity contribution in [2.75, 3.05) is 5.73 Å². The van der Waals surface area contributed by atoms with E-state index in [4.69, 9.17) is 24.7 Å². The van der Waals surface area contributed by atoms with Crippen LogP contribution in [0.2, 0.25) is 0 Å². The number of hydrogen-bond acceptors (Lipinski definition) is 11. The normalized spacial score (nSPS) is 14.4. The molecule has 0 bridgehead atoms. The van der Waals surface area contributed by atoms with Crippen molar-refractivity contribution in [1.29, 1.82) is 0 Å². The smallest absolute Gasteiger partial charge is 0.336 e. The van der Waals surface area contributed by atoms with Crippen LogP contribution in [-0.2, 0) is 27.5 Å². The lowest BCUT2D eigenvalue weighted by molar-refractivity contribution is -0.142. The van der Waals surface area contributed by atoms with Crippen molar-refractivity contribution in [3.63, 3.8) is 0 Å².